The third kappa shape index (κ3) is 3.29. The fraction of sp³-hybridized carbons (Fsp3) is 0.500. The lowest BCUT2D eigenvalue weighted by atomic mass is 10.1. The van der Waals surface area contributed by atoms with Gasteiger partial charge in [0.25, 0.3) is 0 Å². The van der Waals surface area contributed by atoms with Gasteiger partial charge in [-0.2, -0.15) is 18.3 Å². The number of hydrazone groups is 1. The lowest BCUT2D eigenvalue weighted by Gasteiger charge is -2.20. The van der Waals surface area contributed by atoms with Crippen molar-refractivity contribution in [3.05, 3.63) is 17.7 Å². The first-order chi connectivity index (χ1) is 12.2. The zero-order chi connectivity index (χ0) is 19.1. The highest BCUT2D eigenvalue weighted by Gasteiger charge is 2.47. The first kappa shape index (κ1) is 18.3. The maximum atomic E-state index is 12.2. The van der Waals surface area contributed by atoms with E-state index in [0.717, 1.165) is 5.92 Å². The largest absolute Gasteiger partial charge is 0.457 e. The summed E-state index contributed by atoms with van der Waals surface area (Å²) in [6.45, 7) is 0. The van der Waals surface area contributed by atoms with Crippen LogP contribution < -0.4 is 5.84 Å². The van der Waals surface area contributed by atoms with Crippen LogP contribution in [0.3, 0.4) is 0 Å². The van der Waals surface area contributed by atoms with Gasteiger partial charge in [-0.25, -0.2) is 9.98 Å². The van der Waals surface area contributed by atoms with Gasteiger partial charge in [0.1, 0.15) is 30.1 Å². The van der Waals surface area contributed by atoms with Crippen molar-refractivity contribution >= 4 is 12.1 Å². The summed E-state index contributed by atoms with van der Waals surface area (Å²) in [7, 11) is 0. The molecule has 140 valence electrons. The molecule has 1 aromatic rings. The fourth-order valence-electron chi connectivity index (χ4n) is 2.78. The van der Waals surface area contributed by atoms with Crippen molar-refractivity contribution in [2.75, 3.05) is 0 Å². The molecule has 0 radical (unpaired) electrons. The summed E-state index contributed by atoms with van der Waals surface area (Å²) in [6.07, 6.45) is -9.57. The second-order valence-corrected chi connectivity index (χ2v) is 5.60. The Balaban J connectivity index is 1.85. The van der Waals surface area contributed by atoms with E-state index < -0.39 is 36.8 Å². The Labute approximate surface area is 144 Å². The van der Waals surface area contributed by atoms with Crippen LogP contribution in [0.4, 0.5) is 13.2 Å². The molecule has 3 rings (SSSR count). The molecule has 0 saturated carbocycles. The summed E-state index contributed by atoms with van der Waals surface area (Å²) < 4.78 is 43.2. The summed E-state index contributed by atoms with van der Waals surface area (Å²) in [4.78, 5) is 8.04. The van der Waals surface area contributed by atoms with Crippen molar-refractivity contribution in [3.8, 4) is 11.8 Å². The molecule has 0 amide bonds. The van der Waals surface area contributed by atoms with Crippen molar-refractivity contribution in [1.29, 1.82) is 0 Å². The molecular weight excluding hydrogens is 359 g/mol. The van der Waals surface area contributed by atoms with Crippen LogP contribution in [0.2, 0.25) is 0 Å². The van der Waals surface area contributed by atoms with Gasteiger partial charge in [0.05, 0.1) is 12.0 Å². The summed E-state index contributed by atoms with van der Waals surface area (Å²) in [5.41, 5.74) is 0.873. The number of ether oxygens (including phenoxy) is 1. The highest BCUT2D eigenvalue weighted by atomic mass is 19.4. The van der Waals surface area contributed by atoms with Gasteiger partial charge in [0, 0.05) is 18.6 Å². The topological polar surface area (TPSA) is 138 Å². The Bertz CT molecular complexity index is 810. The quantitative estimate of drug-likeness (QED) is 0.288. The predicted molar refractivity (Wildman–Crippen MR) is 80.9 cm³/mol. The molecule has 0 aromatic carbocycles. The molecule has 0 aliphatic carbocycles. The van der Waals surface area contributed by atoms with E-state index in [-0.39, 0.29) is 5.84 Å². The van der Waals surface area contributed by atoms with E-state index in [0.29, 0.717) is 17.8 Å². The van der Waals surface area contributed by atoms with Crippen LogP contribution in [0.15, 0.2) is 16.4 Å². The van der Waals surface area contributed by atoms with Crippen molar-refractivity contribution in [2.24, 2.45) is 15.9 Å². The molecule has 26 heavy (non-hydrogen) atoms. The third-order valence-electron chi connectivity index (χ3n) is 3.95. The average Bonchev–Trinajstić information content (AvgIpc) is 3.14. The van der Waals surface area contributed by atoms with Crippen molar-refractivity contribution < 1.29 is 33.2 Å². The Morgan fingerprint density at radius 2 is 2.12 bits per heavy atom. The average molecular weight is 373 g/mol. The molecule has 5 atom stereocenters. The van der Waals surface area contributed by atoms with Crippen molar-refractivity contribution in [3.63, 3.8) is 0 Å². The van der Waals surface area contributed by atoms with Crippen LogP contribution in [0, 0.1) is 11.8 Å². The molecule has 9 nitrogen and oxygen atoms in total. The molecule has 2 aliphatic rings. The van der Waals surface area contributed by atoms with E-state index in [9.17, 15) is 28.5 Å². The molecular formula is C14H14F3N5O4. The number of amidine groups is 1. The normalized spacial score (nSPS) is 30.8. The van der Waals surface area contributed by atoms with Crippen molar-refractivity contribution in [1.82, 2.24) is 9.55 Å². The highest BCUT2D eigenvalue weighted by Crippen LogP contribution is 2.33. The second-order valence-electron chi connectivity index (χ2n) is 5.60. The van der Waals surface area contributed by atoms with E-state index in [4.69, 9.17) is 10.6 Å². The van der Waals surface area contributed by atoms with Gasteiger partial charge >= 0.3 is 6.18 Å². The number of imidazole rings is 1. The predicted octanol–water partition coefficient (Wildman–Crippen LogP) is -1.32. The number of aliphatic hydroxyl groups excluding tert-OH is 3. The summed E-state index contributed by atoms with van der Waals surface area (Å²) in [6, 6.07) is 0. The monoisotopic (exact) mass is 373 g/mol. The minimum absolute atomic E-state index is 0.158. The number of nitrogens with zero attached hydrogens (tertiary/aromatic N) is 4. The number of rotatable bonds is 2. The lowest BCUT2D eigenvalue weighted by Crippen LogP contribution is -2.38. The van der Waals surface area contributed by atoms with Gasteiger partial charge in [-0.05, 0) is 0 Å². The van der Waals surface area contributed by atoms with Crippen LogP contribution in [-0.2, 0) is 11.2 Å². The molecule has 12 heteroatoms. The molecule has 1 fully saturated rings. The van der Waals surface area contributed by atoms with E-state index in [1.807, 2.05) is 0 Å². The number of hydrogen-bond acceptors (Lipinski definition) is 7. The highest BCUT2D eigenvalue weighted by molar-refractivity contribution is 6.05. The molecule has 0 spiro atoms. The van der Waals surface area contributed by atoms with Crippen LogP contribution in [0.1, 0.15) is 17.6 Å². The van der Waals surface area contributed by atoms with E-state index >= 15 is 0 Å². The third-order valence-corrected chi connectivity index (χ3v) is 3.95. The van der Waals surface area contributed by atoms with Crippen molar-refractivity contribution in [2.45, 2.75) is 43.2 Å². The van der Waals surface area contributed by atoms with Gasteiger partial charge in [0.2, 0.25) is 0 Å². The Morgan fingerprint density at radius 3 is 2.77 bits per heavy atom. The molecule has 5 N–H and O–H groups in total. The molecule has 2 aliphatic heterocycles. The molecule has 0 bridgehead atoms. The summed E-state index contributed by atoms with van der Waals surface area (Å²) >= 11 is 0. The minimum Gasteiger partial charge on any atom is -0.387 e. The van der Waals surface area contributed by atoms with Gasteiger partial charge in [-0.3, -0.25) is 0 Å². The SMILES string of the molecule is N/N=C1/N=CCc2c1ncn2[C@@H]1O[C@H]([C@H](O)C#CC(F)(F)F)[C@@H](O)[C@H]1O. The minimum atomic E-state index is -4.80. The van der Waals surface area contributed by atoms with Gasteiger partial charge in [0.15, 0.2) is 12.1 Å². The summed E-state index contributed by atoms with van der Waals surface area (Å²) in [5, 5.41) is 33.5. The number of hydrogen-bond donors (Lipinski definition) is 4. The summed E-state index contributed by atoms with van der Waals surface area (Å²) in [5.74, 6) is 7.85. The second kappa shape index (κ2) is 6.69. The smallest absolute Gasteiger partial charge is 0.387 e. The maximum absolute atomic E-state index is 12.2. The number of aliphatic hydroxyl groups is 3. The lowest BCUT2D eigenvalue weighted by molar-refractivity contribution is -0.0752. The first-order valence-corrected chi connectivity index (χ1v) is 7.38. The first-order valence-electron chi connectivity index (χ1n) is 7.38. The van der Waals surface area contributed by atoms with E-state index in [1.165, 1.54) is 17.1 Å². The molecule has 0 unspecified atom stereocenters. The number of fused-ring (bicyclic) bond motifs is 1. The fourth-order valence-corrected chi connectivity index (χ4v) is 2.78. The zero-order valence-corrected chi connectivity index (χ0v) is 13.0. The number of nitrogens with two attached hydrogens (primary N) is 1. The van der Waals surface area contributed by atoms with Gasteiger partial charge in [-0.15, -0.1) is 0 Å². The van der Waals surface area contributed by atoms with E-state index in [2.05, 4.69) is 15.1 Å². The maximum Gasteiger partial charge on any atom is 0.457 e. The number of alkyl halides is 3. The van der Waals surface area contributed by atoms with Crippen LogP contribution >= 0.6 is 0 Å². The number of aromatic nitrogens is 2. The Kier molecular flexibility index (Phi) is 4.72. The molecule has 1 aromatic heterocycles. The molecule has 3 heterocycles. The molecule has 1 saturated heterocycles. The Hall–Kier alpha value is -2.46. The van der Waals surface area contributed by atoms with Crippen LogP contribution in [0.5, 0.6) is 0 Å². The van der Waals surface area contributed by atoms with Gasteiger partial charge in [-0.1, -0.05) is 5.92 Å². The standard InChI is InChI=1S/C14H14F3N5O4/c15-14(16,17)3-1-7(23)11-9(24)10(25)13(26-11)22-5-20-8-6(22)2-4-19-12(8)21-18/h4-5,7,9-11,13,23-25H,2,18H2/b21-12+/t7-,9+,10-,11-,13-/m1/s1. The number of halogens is 3. The van der Waals surface area contributed by atoms with Crippen LogP contribution in [0.25, 0.3) is 0 Å². The van der Waals surface area contributed by atoms with Gasteiger partial charge < -0.3 is 30.5 Å². The van der Waals surface area contributed by atoms with Crippen LogP contribution in [-0.4, -0.2) is 67.5 Å². The number of aliphatic imine (C=N–C) groups is 1. The van der Waals surface area contributed by atoms with E-state index in [1.54, 1.807) is 5.92 Å². The zero-order valence-electron chi connectivity index (χ0n) is 13.0. The Morgan fingerprint density at radius 1 is 1.38 bits per heavy atom.